The van der Waals surface area contributed by atoms with E-state index in [1.54, 1.807) is 12.1 Å². The van der Waals surface area contributed by atoms with Crippen molar-refractivity contribution in [3.63, 3.8) is 0 Å². The minimum atomic E-state index is -1.30. The highest BCUT2D eigenvalue weighted by Gasteiger charge is 2.15. The second kappa shape index (κ2) is 11.3. The first-order valence-electron chi connectivity index (χ1n) is 10.0. The highest BCUT2D eigenvalue weighted by molar-refractivity contribution is 7.90. The standard InChI is InChI=1S/C23H28N2O4S/c1-30(28)23-13-19(8-9-21(23)26)22(27)15-24-10-4-5-11-29-16-17-12-18-6-2-3-7-20(18)25-14-17/h2-3,6-9,12-14,22,24,26-27H,4-5,10-11,15-16H2,1H3. The van der Waals surface area contributed by atoms with E-state index in [4.69, 9.17) is 4.74 Å². The molecule has 1 heterocycles. The smallest absolute Gasteiger partial charge is 0.194 e. The average molecular weight is 429 g/mol. The quantitative estimate of drug-likeness (QED) is 0.320. The van der Waals surface area contributed by atoms with Crippen molar-refractivity contribution in [1.82, 2.24) is 10.3 Å². The van der Waals surface area contributed by atoms with Gasteiger partial charge in [-0.3, -0.25) is 4.98 Å². The fourth-order valence-corrected chi connectivity index (χ4v) is 3.83. The van der Waals surface area contributed by atoms with E-state index >= 15 is 0 Å². The maximum Gasteiger partial charge on any atom is 0.194 e. The number of aromatic hydroxyl groups is 1. The van der Waals surface area contributed by atoms with E-state index in [0.717, 1.165) is 35.9 Å². The van der Waals surface area contributed by atoms with Crippen LogP contribution in [0.4, 0.5) is 0 Å². The maximum absolute atomic E-state index is 11.6. The number of aromatic nitrogens is 1. The van der Waals surface area contributed by atoms with Gasteiger partial charge >= 0.3 is 0 Å². The Balaban J connectivity index is 1.30. The van der Waals surface area contributed by atoms with Crippen LogP contribution in [0.5, 0.6) is 5.75 Å². The fourth-order valence-electron chi connectivity index (χ4n) is 3.16. The van der Waals surface area contributed by atoms with E-state index < -0.39 is 17.3 Å². The summed E-state index contributed by atoms with van der Waals surface area (Å²) in [5.41, 5.74) is 2.69. The predicted octanol–water partition coefficient (Wildman–Crippen LogP) is 3.30. The van der Waals surface area contributed by atoms with Crippen molar-refractivity contribution in [2.24, 2.45) is 0 Å². The van der Waals surface area contributed by atoms with Gasteiger partial charge in [0.15, 0.2) is 10.6 Å². The Morgan fingerprint density at radius 3 is 2.83 bits per heavy atom. The summed E-state index contributed by atoms with van der Waals surface area (Å²) in [7, 11) is 0. The van der Waals surface area contributed by atoms with Crippen LogP contribution in [0.3, 0.4) is 0 Å². The Morgan fingerprint density at radius 2 is 2.00 bits per heavy atom. The van der Waals surface area contributed by atoms with Gasteiger partial charge in [0.2, 0.25) is 0 Å². The average Bonchev–Trinajstić information content (AvgIpc) is 2.75. The zero-order valence-electron chi connectivity index (χ0n) is 17.1. The lowest BCUT2D eigenvalue weighted by atomic mass is 10.1. The molecule has 0 amide bonds. The number of pyridine rings is 1. The minimum absolute atomic E-state index is 0.0146. The largest absolute Gasteiger partial charge is 0.612 e. The van der Waals surface area contributed by atoms with Crippen LogP contribution in [0.25, 0.3) is 10.9 Å². The predicted molar refractivity (Wildman–Crippen MR) is 119 cm³/mol. The summed E-state index contributed by atoms with van der Waals surface area (Å²) < 4.78 is 17.4. The summed E-state index contributed by atoms with van der Waals surface area (Å²) in [6.45, 7) is 2.37. The summed E-state index contributed by atoms with van der Waals surface area (Å²) >= 11 is -1.30. The van der Waals surface area contributed by atoms with Crippen LogP contribution >= 0.6 is 0 Å². The summed E-state index contributed by atoms with van der Waals surface area (Å²) in [5.74, 6) is -0.0146. The number of para-hydroxylation sites is 1. The molecule has 0 radical (unpaired) electrons. The molecule has 0 saturated carbocycles. The van der Waals surface area contributed by atoms with Crippen LogP contribution in [0.2, 0.25) is 0 Å². The topological polar surface area (TPSA) is 97.7 Å². The number of nitrogens with one attached hydrogen (secondary N) is 1. The summed E-state index contributed by atoms with van der Waals surface area (Å²) in [4.78, 5) is 4.78. The molecule has 6 nitrogen and oxygen atoms in total. The summed E-state index contributed by atoms with van der Waals surface area (Å²) in [5, 5.41) is 24.3. The second-order valence-corrected chi connectivity index (χ2v) is 8.55. The first kappa shape index (κ1) is 22.5. The zero-order valence-corrected chi connectivity index (χ0v) is 17.9. The Kier molecular flexibility index (Phi) is 8.48. The molecule has 3 aromatic rings. The summed E-state index contributed by atoms with van der Waals surface area (Å²) in [6, 6.07) is 14.8. The van der Waals surface area contributed by atoms with E-state index in [0.29, 0.717) is 30.2 Å². The van der Waals surface area contributed by atoms with Crippen molar-refractivity contribution in [1.29, 1.82) is 0 Å². The molecular weight excluding hydrogens is 400 g/mol. The van der Waals surface area contributed by atoms with Crippen LogP contribution in [0.1, 0.15) is 30.1 Å². The molecule has 0 saturated heterocycles. The van der Waals surface area contributed by atoms with Crippen LogP contribution in [0, 0.1) is 0 Å². The Morgan fingerprint density at radius 1 is 1.17 bits per heavy atom. The van der Waals surface area contributed by atoms with Crippen molar-refractivity contribution in [2.75, 3.05) is 26.0 Å². The molecule has 3 rings (SSSR count). The second-order valence-electron chi connectivity index (χ2n) is 7.20. The van der Waals surface area contributed by atoms with E-state index in [-0.39, 0.29) is 5.75 Å². The third-order valence-corrected chi connectivity index (χ3v) is 5.77. The molecule has 0 aliphatic carbocycles. The molecule has 1 aromatic heterocycles. The number of ether oxygens (including phenoxy) is 1. The first-order chi connectivity index (χ1) is 14.5. The van der Waals surface area contributed by atoms with Crippen molar-refractivity contribution >= 4 is 22.1 Å². The summed E-state index contributed by atoms with van der Waals surface area (Å²) in [6.07, 6.45) is 4.49. The number of fused-ring (bicyclic) bond motifs is 1. The molecule has 7 heteroatoms. The van der Waals surface area contributed by atoms with Crippen molar-refractivity contribution in [2.45, 2.75) is 30.4 Å². The molecule has 0 bridgehead atoms. The molecule has 2 aromatic carbocycles. The van der Waals surface area contributed by atoms with Crippen LogP contribution in [0.15, 0.2) is 59.6 Å². The maximum atomic E-state index is 11.6. The number of hydrogen-bond acceptors (Lipinski definition) is 6. The van der Waals surface area contributed by atoms with Gasteiger partial charge in [-0.05, 0) is 59.9 Å². The van der Waals surface area contributed by atoms with Gasteiger partial charge in [-0.15, -0.1) is 0 Å². The molecule has 0 spiro atoms. The SMILES string of the molecule is C[S+]([O-])c1cc(C(O)CNCCCCOCc2cnc3ccccc3c2)ccc1O. The molecule has 0 fully saturated rings. The Labute approximate surface area is 180 Å². The van der Waals surface area contributed by atoms with Gasteiger partial charge < -0.3 is 24.8 Å². The Bertz CT molecular complexity index is 951. The molecule has 2 atom stereocenters. The van der Waals surface area contributed by atoms with Crippen LogP contribution in [-0.4, -0.2) is 45.7 Å². The lowest BCUT2D eigenvalue weighted by Crippen LogP contribution is -2.23. The third kappa shape index (κ3) is 6.42. The number of aliphatic hydroxyl groups is 1. The van der Waals surface area contributed by atoms with E-state index in [2.05, 4.69) is 16.4 Å². The number of phenols is 1. The molecule has 3 N–H and O–H groups in total. The number of aliphatic hydroxyl groups excluding tert-OH is 1. The molecular formula is C23H28N2O4S. The molecule has 0 aliphatic heterocycles. The van der Waals surface area contributed by atoms with Gasteiger partial charge in [0.1, 0.15) is 6.26 Å². The fraction of sp³-hybridized carbons (Fsp3) is 0.348. The molecule has 2 unspecified atom stereocenters. The third-order valence-electron chi connectivity index (χ3n) is 4.82. The lowest BCUT2D eigenvalue weighted by molar-refractivity contribution is 0.116. The normalized spacial score (nSPS) is 13.4. The van der Waals surface area contributed by atoms with Crippen molar-refractivity contribution in [3.05, 3.63) is 65.9 Å². The number of phenolic OH excluding ortho intramolecular Hbond substituents is 1. The Hall–Kier alpha value is -2.16. The number of nitrogens with zero attached hydrogens (tertiary/aromatic N) is 1. The van der Waals surface area contributed by atoms with Crippen molar-refractivity contribution < 1.29 is 19.5 Å². The number of unbranched alkanes of at least 4 members (excludes halogenated alkanes) is 1. The van der Waals surface area contributed by atoms with Gasteiger partial charge in [-0.2, -0.15) is 0 Å². The highest BCUT2D eigenvalue weighted by atomic mass is 32.2. The first-order valence-corrected chi connectivity index (χ1v) is 11.6. The number of benzene rings is 2. The van der Waals surface area contributed by atoms with Gasteiger partial charge in [-0.25, -0.2) is 0 Å². The molecule has 30 heavy (non-hydrogen) atoms. The van der Waals surface area contributed by atoms with Crippen LogP contribution in [-0.2, 0) is 22.5 Å². The zero-order chi connectivity index (χ0) is 21.3. The van der Waals surface area contributed by atoms with Gasteiger partial charge in [0, 0.05) is 30.8 Å². The number of rotatable bonds is 11. The number of hydrogen-bond donors (Lipinski definition) is 3. The van der Waals surface area contributed by atoms with Gasteiger partial charge in [0.05, 0.1) is 18.2 Å². The highest BCUT2D eigenvalue weighted by Crippen LogP contribution is 2.26. The molecule has 0 aliphatic rings. The molecule has 160 valence electrons. The van der Waals surface area contributed by atoms with Crippen LogP contribution < -0.4 is 5.32 Å². The van der Waals surface area contributed by atoms with E-state index in [1.807, 2.05) is 30.5 Å². The van der Waals surface area contributed by atoms with Gasteiger partial charge in [0.25, 0.3) is 0 Å². The lowest BCUT2D eigenvalue weighted by Gasteiger charge is -2.14. The van der Waals surface area contributed by atoms with E-state index in [9.17, 15) is 14.8 Å². The van der Waals surface area contributed by atoms with Crippen molar-refractivity contribution in [3.8, 4) is 5.75 Å². The van der Waals surface area contributed by atoms with E-state index in [1.165, 1.54) is 12.3 Å². The van der Waals surface area contributed by atoms with Gasteiger partial charge in [-0.1, -0.05) is 24.3 Å². The minimum Gasteiger partial charge on any atom is -0.612 e. The monoisotopic (exact) mass is 428 g/mol.